The molecule has 0 spiro atoms. The zero-order chi connectivity index (χ0) is 13.4. The first-order chi connectivity index (χ1) is 8.59. The van der Waals surface area contributed by atoms with Crippen LogP contribution in [0.1, 0.15) is 20.3 Å². The van der Waals surface area contributed by atoms with Crippen LogP contribution in [0.5, 0.6) is 0 Å². The molecule has 0 aromatic carbocycles. The molecule has 0 aliphatic heterocycles. The number of ether oxygens (including phenoxy) is 2. The lowest BCUT2D eigenvalue weighted by Gasteiger charge is -2.29. The van der Waals surface area contributed by atoms with Crippen molar-refractivity contribution in [3.05, 3.63) is 23.9 Å². The summed E-state index contributed by atoms with van der Waals surface area (Å²) in [4.78, 5) is 2.30. The molecule has 4 heteroatoms. The monoisotopic (exact) mass is 254 g/mol. The predicted molar refractivity (Wildman–Crippen MR) is 74.4 cm³/mol. The Kier molecular flexibility index (Phi) is 6.39. The van der Waals surface area contributed by atoms with Crippen molar-refractivity contribution < 1.29 is 9.47 Å². The van der Waals surface area contributed by atoms with E-state index in [-0.39, 0.29) is 5.54 Å². The van der Waals surface area contributed by atoms with Crippen LogP contribution in [0.2, 0.25) is 0 Å². The molecule has 0 saturated carbocycles. The standard InChI is InChI=1S/C14H26N2O2/c1-4-16(9-10-18-12-11-17-3)13-5-7-14(2,15)8-6-13/h5-7H,4,8-12,15H2,1-3H3. The molecule has 2 N–H and O–H groups in total. The molecule has 1 aliphatic rings. The summed E-state index contributed by atoms with van der Waals surface area (Å²) in [6, 6.07) is 0. The van der Waals surface area contributed by atoms with Crippen LogP contribution in [0.3, 0.4) is 0 Å². The Morgan fingerprint density at radius 3 is 2.72 bits per heavy atom. The number of likely N-dealkylation sites (N-methyl/N-ethyl adjacent to an activating group) is 1. The lowest BCUT2D eigenvalue weighted by atomic mass is 9.93. The Hall–Kier alpha value is -0.840. The molecular formula is C14H26N2O2. The molecule has 0 aromatic heterocycles. The molecule has 4 nitrogen and oxygen atoms in total. The van der Waals surface area contributed by atoms with Crippen molar-refractivity contribution in [2.75, 3.05) is 40.0 Å². The fourth-order valence-electron chi connectivity index (χ4n) is 1.86. The molecule has 0 radical (unpaired) electrons. The third-order valence-electron chi connectivity index (χ3n) is 3.07. The van der Waals surface area contributed by atoms with Crippen LogP contribution in [-0.2, 0) is 9.47 Å². The minimum atomic E-state index is -0.197. The van der Waals surface area contributed by atoms with Crippen LogP contribution in [-0.4, -0.2) is 50.5 Å². The topological polar surface area (TPSA) is 47.7 Å². The molecule has 1 rings (SSSR count). The van der Waals surface area contributed by atoms with Gasteiger partial charge in [-0.1, -0.05) is 12.2 Å². The van der Waals surface area contributed by atoms with Gasteiger partial charge in [0.1, 0.15) is 0 Å². The quantitative estimate of drug-likeness (QED) is 0.667. The van der Waals surface area contributed by atoms with Gasteiger partial charge in [0, 0.05) is 31.4 Å². The lowest BCUT2D eigenvalue weighted by molar-refractivity contribution is 0.0623. The minimum absolute atomic E-state index is 0.197. The number of hydrogen-bond donors (Lipinski definition) is 1. The van der Waals surface area contributed by atoms with E-state index in [2.05, 4.69) is 30.1 Å². The van der Waals surface area contributed by atoms with Crippen molar-refractivity contribution in [3.63, 3.8) is 0 Å². The third kappa shape index (κ3) is 5.21. The SMILES string of the molecule is CCN(CCOCCOC)C1=CCC(C)(N)C=C1. The zero-order valence-corrected chi connectivity index (χ0v) is 11.8. The van der Waals surface area contributed by atoms with Crippen LogP contribution in [0.15, 0.2) is 23.9 Å². The van der Waals surface area contributed by atoms with Gasteiger partial charge in [-0.05, 0) is 26.3 Å². The van der Waals surface area contributed by atoms with E-state index in [1.807, 2.05) is 6.92 Å². The van der Waals surface area contributed by atoms with Crippen LogP contribution in [0.25, 0.3) is 0 Å². The summed E-state index contributed by atoms with van der Waals surface area (Å²) >= 11 is 0. The molecule has 1 atom stereocenters. The van der Waals surface area contributed by atoms with Gasteiger partial charge >= 0.3 is 0 Å². The van der Waals surface area contributed by atoms with Gasteiger partial charge < -0.3 is 20.1 Å². The van der Waals surface area contributed by atoms with Gasteiger partial charge in [-0.2, -0.15) is 0 Å². The molecule has 1 unspecified atom stereocenters. The minimum Gasteiger partial charge on any atom is -0.382 e. The van der Waals surface area contributed by atoms with Crippen molar-refractivity contribution >= 4 is 0 Å². The first kappa shape index (κ1) is 15.2. The maximum Gasteiger partial charge on any atom is 0.0701 e. The van der Waals surface area contributed by atoms with E-state index in [1.165, 1.54) is 5.70 Å². The first-order valence-corrected chi connectivity index (χ1v) is 6.59. The maximum absolute atomic E-state index is 6.05. The first-order valence-electron chi connectivity index (χ1n) is 6.59. The highest BCUT2D eigenvalue weighted by Crippen LogP contribution is 2.20. The summed E-state index contributed by atoms with van der Waals surface area (Å²) in [7, 11) is 1.68. The van der Waals surface area contributed by atoms with Crippen molar-refractivity contribution in [1.29, 1.82) is 0 Å². The highest BCUT2D eigenvalue weighted by Gasteiger charge is 2.18. The molecule has 0 saturated heterocycles. The predicted octanol–water partition coefficient (Wildman–Crippen LogP) is 1.53. The highest BCUT2D eigenvalue weighted by atomic mass is 16.5. The summed E-state index contributed by atoms with van der Waals surface area (Å²) in [5.41, 5.74) is 7.10. The molecular weight excluding hydrogens is 228 g/mol. The van der Waals surface area contributed by atoms with Crippen molar-refractivity contribution in [1.82, 2.24) is 4.90 Å². The summed E-state index contributed by atoms with van der Waals surface area (Å²) in [6.45, 7) is 8.11. The van der Waals surface area contributed by atoms with E-state index in [1.54, 1.807) is 7.11 Å². The number of methoxy groups -OCH3 is 1. The molecule has 0 aromatic rings. The second kappa shape index (κ2) is 7.56. The summed E-state index contributed by atoms with van der Waals surface area (Å²) in [5.74, 6) is 0. The Morgan fingerprint density at radius 2 is 2.17 bits per heavy atom. The Balaban J connectivity index is 2.34. The van der Waals surface area contributed by atoms with E-state index < -0.39 is 0 Å². The maximum atomic E-state index is 6.05. The average molecular weight is 254 g/mol. The van der Waals surface area contributed by atoms with Gasteiger partial charge in [0.2, 0.25) is 0 Å². The van der Waals surface area contributed by atoms with Gasteiger partial charge in [-0.25, -0.2) is 0 Å². The number of nitrogens with zero attached hydrogens (tertiary/aromatic N) is 1. The molecule has 0 fully saturated rings. The van der Waals surface area contributed by atoms with E-state index in [0.29, 0.717) is 13.2 Å². The Labute approximate surface area is 110 Å². The lowest BCUT2D eigenvalue weighted by Crippen LogP contribution is -2.36. The average Bonchev–Trinajstić information content (AvgIpc) is 2.35. The van der Waals surface area contributed by atoms with E-state index in [0.717, 1.165) is 26.1 Å². The molecule has 0 bridgehead atoms. The zero-order valence-electron chi connectivity index (χ0n) is 11.8. The number of hydrogen-bond acceptors (Lipinski definition) is 4. The largest absolute Gasteiger partial charge is 0.382 e. The van der Waals surface area contributed by atoms with Gasteiger partial charge in [0.05, 0.1) is 19.8 Å². The smallest absolute Gasteiger partial charge is 0.0701 e. The second-order valence-electron chi connectivity index (χ2n) is 4.86. The highest BCUT2D eigenvalue weighted by molar-refractivity contribution is 5.27. The Bertz CT molecular complexity index is 298. The number of nitrogens with two attached hydrogens (primary N) is 1. The number of rotatable bonds is 8. The summed E-state index contributed by atoms with van der Waals surface area (Å²) in [6.07, 6.45) is 7.29. The van der Waals surface area contributed by atoms with Gasteiger partial charge in [-0.3, -0.25) is 0 Å². The van der Waals surface area contributed by atoms with Crippen LogP contribution >= 0.6 is 0 Å². The van der Waals surface area contributed by atoms with Gasteiger partial charge in [0.15, 0.2) is 0 Å². The molecule has 1 aliphatic carbocycles. The second-order valence-corrected chi connectivity index (χ2v) is 4.86. The van der Waals surface area contributed by atoms with Crippen LogP contribution < -0.4 is 5.73 Å². The van der Waals surface area contributed by atoms with Crippen LogP contribution in [0.4, 0.5) is 0 Å². The summed E-state index contributed by atoms with van der Waals surface area (Å²) < 4.78 is 10.4. The third-order valence-corrected chi connectivity index (χ3v) is 3.07. The molecule has 18 heavy (non-hydrogen) atoms. The van der Waals surface area contributed by atoms with Crippen molar-refractivity contribution in [2.45, 2.75) is 25.8 Å². The van der Waals surface area contributed by atoms with E-state index in [9.17, 15) is 0 Å². The van der Waals surface area contributed by atoms with Gasteiger partial charge in [0.25, 0.3) is 0 Å². The van der Waals surface area contributed by atoms with Crippen molar-refractivity contribution in [3.8, 4) is 0 Å². The fourth-order valence-corrected chi connectivity index (χ4v) is 1.86. The molecule has 0 amide bonds. The van der Waals surface area contributed by atoms with Gasteiger partial charge in [-0.15, -0.1) is 0 Å². The molecule has 0 heterocycles. The summed E-state index contributed by atoms with van der Waals surface area (Å²) in [5, 5.41) is 0. The number of allylic oxidation sites excluding steroid dienone is 1. The van der Waals surface area contributed by atoms with Crippen LogP contribution in [0, 0.1) is 0 Å². The molecule has 104 valence electrons. The fraction of sp³-hybridized carbons (Fsp3) is 0.714. The van der Waals surface area contributed by atoms with Crippen molar-refractivity contribution in [2.24, 2.45) is 5.73 Å². The normalized spacial score (nSPS) is 23.0. The Morgan fingerprint density at radius 1 is 1.39 bits per heavy atom. The van der Waals surface area contributed by atoms with E-state index in [4.69, 9.17) is 15.2 Å². The van der Waals surface area contributed by atoms with E-state index >= 15 is 0 Å².